The van der Waals surface area contributed by atoms with E-state index >= 15 is 0 Å². The standard InChI is InChI=1S/C16H14Cl3NO5S/c1-24-15-4-3-13(8-14(15)19)26(22,23)20(9-16(21)25-2)12-6-10(17)5-11(18)7-12/h3-8H,9H2,1-2H3. The number of carbonyl (C=O) groups excluding carboxylic acids is 1. The average molecular weight is 439 g/mol. The lowest BCUT2D eigenvalue weighted by atomic mass is 10.3. The van der Waals surface area contributed by atoms with E-state index in [9.17, 15) is 13.2 Å². The van der Waals surface area contributed by atoms with Gasteiger partial charge < -0.3 is 9.47 Å². The minimum Gasteiger partial charge on any atom is -0.495 e. The number of nitrogens with zero attached hydrogens (tertiary/aromatic N) is 1. The van der Waals surface area contributed by atoms with Crippen LogP contribution in [0.2, 0.25) is 15.1 Å². The van der Waals surface area contributed by atoms with Gasteiger partial charge in [-0.2, -0.15) is 0 Å². The number of halogens is 3. The predicted molar refractivity (Wildman–Crippen MR) is 101 cm³/mol. The zero-order valence-electron chi connectivity index (χ0n) is 13.7. The molecule has 0 aliphatic heterocycles. The molecule has 0 amide bonds. The van der Waals surface area contributed by atoms with Crippen LogP contribution in [0, 0.1) is 0 Å². The first-order chi connectivity index (χ1) is 12.2. The summed E-state index contributed by atoms with van der Waals surface area (Å²) in [6, 6.07) is 8.15. The van der Waals surface area contributed by atoms with Crippen LogP contribution >= 0.6 is 34.8 Å². The monoisotopic (exact) mass is 437 g/mol. The molecule has 2 aromatic rings. The number of ether oxygens (including phenoxy) is 2. The lowest BCUT2D eigenvalue weighted by Crippen LogP contribution is -2.36. The maximum absolute atomic E-state index is 13.1. The summed E-state index contributed by atoms with van der Waals surface area (Å²) in [5.74, 6) is -0.444. The third-order valence-corrected chi connectivity index (χ3v) is 5.85. The molecule has 10 heteroatoms. The molecule has 2 rings (SSSR count). The Morgan fingerprint density at radius 2 is 1.65 bits per heavy atom. The van der Waals surface area contributed by atoms with E-state index in [4.69, 9.17) is 39.5 Å². The molecule has 0 atom stereocenters. The molecule has 2 aromatic carbocycles. The Hall–Kier alpha value is -1.67. The van der Waals surface area contributed by atoms with Crippen LogP contribution in [-0.4, -0.2) is 35.2 Å². The topological polar surface area (TPSA) is 72.9 Å². The van der Waals surface area contributed by atoms with Crippen molar-refractivity contribution in [2.24, 2.45) is 0 Å². The Labute approximate surface area is 166 Å². The van der Waals surface area contributed by atoms with E-state index in [0.29, 0.717) is 5.75 Å². The molecule has 0 heterocycles. The highest BCUT2D eigenvalue weighted by atomic mass is 35.5. The van der Waals surface area contributed by atoms with Gasteiger partial charge in [0.25, 0.3) is 10.0 Å². The first kappa shape index (κ1) is 20.6. The third-order valence-electron chi connectivity index (χ3n) is 3.35. The van der Waals surface area contributed by atoms with Gasteiger partial charge in [-0.15, -0.1) is 0 Å². The fourth-order valence-corrected chi connectivity index (χ4v) is 4.37. The van der Waals surface area contributed by atoms with Crippen LogP contribution in [0.5, 0.6) is 5.75 Å². The second-order valence-electron chi connectivity index (χ2n) is 5.01. The normalized spacial score (nSPS) is 11.1. The number of sulfonamides is 1. The predicted octanol–water partition coefficient (Wildman–Crippen LogP) is 4.02. The van der Waals surface area contributed by atoms with Gasteiger partial charge in [-0.25, -0.2) is 8.42 Å². The highest BCUT2D eigenvalue weighted by Gasteiger charge is 2.28. The summed E-state index contributed by atoms with van der Waals surface area (Å²) < 4.78 is 36.6. The van der Waals surface area contributed by atoms with Gasteiger partial charge in [0.2, 0.25) is 0 Å². The molecule has 0 N–H and O–H groups in total. The second kappa shape index (κ2) is 8.35. The van der Waals surface area contributed by atoms with Crippen LogP contribution in [0.15, 0.2) is 41.3 Å². The maximum atomic E-state index is 13.1. The van der Waals surface area contributed by atoms with Crippen LogP contribution in [0.1, 0.15) is 0 Å². The molecule has 0 unspecified atom stereocenters. The number of anilines is 1. The first-order valence-corrected chi connectivity index (χ1v) is 9.65. The molecule has 0 radical (unpaired) electrons. The van der Waals surface area contributed by atoms with E-state index in [0.717, 1.165) is 11.4 Å². The van der Waals surface area contributed by atoms with Crippen LogP contribution in [0.3, 0.4) is 0 Å². The van der Waals surface area contributed by atoms with Gasteiger partial charge in [-0.05, 0) is 36.4 Å². The molecule has 0 saturated heterocycles. The molecule has 0 fully saturated rings. The van der Waals surface area contributed by atoms with E-state index in [1.54, 1.807) is 0 Å². The van der Waals surface area contributed by atoms with Gasteiger partial charge in [-0.3, -0.25) is 9.10 Å². The van der Waals surface area contributed by atoms with Crippen molar-refractivity contribution in [2.75, 3.05) is 25.1 Å². The lowest BCUT2D eigenvalue weighted by molar-refractivity contribution is -0.138. The van der Waals surface area contributed by atoms with Gasteiger partial charge >= 0.3 is 5.97 Å². The van der Waals surface area contributed by atoms with Gasteiger partial charge in [0.15, 0.2) is 0 Å². The summed E-state index contributed by atoms with van der Waals surface area (Å²) in [6.07, 6.45) is 0. The van der Waals surface area contributed by atoms with Crippen molar-refractivity contribution in [3.63, 3.8) is 0 Å². The molecular weight excluding hydrogens is 425 g/mol. The lowest BCUT2D eigenvalue weighted by Gasteiger charge is -2.24. The molecule has 26 heavy (non-hydrogen) atoms. The number of hydrogen-bond donors (Lipinski definition) is 0. The van der Waals surface area contributed by atoms with E-state index < -0.39 is 22.5 Å². The zero-order chi connectivity index (χ0) is 19.5. The first-order valence-electron chi connectivity index (χ1n) is 7.08. The van der Waals surface area contributed by atoms with Gasteiger partial charge in [0.1, 0.15) is 12.3 Å². The molecule has 0 saturated carbocycles. The maximum Gasteiger partial charge on any atom is 0.326 e. The molecule has 0 aromatic heterocycles. The third kappa shape index (κ3) is 4.54. The van der Waals surface area contributed by atoms with Crippen LogP contribution in [0.4, 0.5) is 5.69 Å². The molecule has 0 spiro atoms. The van der Waals surface area contributed by atoms with Gasteiger partial charge in [-0.1, -0.05) is 34.8 Å². The summed E-state index contributed by atoms with van der Waals surface area (Å²) in [6.45, 7) is -0.570. The summed E-state index contributed by atoms with van der Waals surface area (Å²) in [7, 11) is -1.60. The molecule has 0 aliphatic carbocycles. The molecule has 0 aliphatic rings. The highest BCUT2D eigenvalue weighted by molar-refractivity contribution is 7.92. The van der Waals surface area contributed by atoms with Crippen molar-refractivity contribution in [3.05, 3.63) is 51.5 Å². The fraction of sp³-hybridized carbons (Fsp3) is 0.188. The van der Waals surface area contributed by atoms with E-state index in [2.05, 4.69) is 4.74 Å². The van der Waals surface area contributed by atoms with Crippen LogP contribution in [0.25, 0.3) is 0 Å². The van der Waals surface area contributed by atoms with Crippen molar-refractivity contribution in [1.82, 2.24) is 0 Å². The van der Waals surface area contributed by atoms with Crippen molar-refractivity contribution in [3.8, 4) is 5.75 Å². The molecular formula is C16H14Cl3NO5S. The van der Waals surface area contributed by atoms with Gasteiger partial charge in [0, 0.05) is 10.0 Å². The number of hydrogen-bond acceptors (Lipinski definition) is 5. The van der Waals surface area contributed by atoms with E-state index in [1.165, 1.54) is 43.5 Å². The Morgan fingerprint density at radius 3 is 2.15 bits per heavy atom. The number of methoxy groups -OCH3 is 2. The molecule has 140 valence electrons. The van der Waals surface area contributed by atoms with Crippen molar-refractivity contribution < 1.29 is 22.7 Å². The molecule has 0 bridgehead atoms. The van der Waals surface area contributed by atoms with Gasteiger partial charge in [0.05, 0.1) is 29.8 Å². The second-order valence-corrected chi connectivity index (χ2v) is 8.15. The van der Waals surface area contributed by atoms with Crippen LogP contribution in [-0.2, 0) is 19.6 Å². The SMILES string of the molecule is COC(=O)CN(c1cc(Cl)cc(Cl)c1)S(=O)(=O)c1ccc(OC)c(Cl)c1. The zero-order valence-corrected chi connectivity index (χ0v) is 16.8. The number of carbonyl (C=O) groups is 1. The Balaban J connectivity index is 2.59. The number of rotatable bonds is 6. The highest BCUT2D eigenvalue weighted by Crippen LogP contribution is 2.32. The largest absolute Gasteiger partial charge is 0.495 e. The Kier molecular flexibility index (Phi) is 6.63. The minimum atomic E-state index is -4.17. The summed E-state index contributed by atoms with van der Waals surface area (Å²) >= 11 is 18.0. The minimum absolute atomic E-state index is 0.107. The van der Waals surface area contributed by atoms with Crippen molar-refractivity contribution in [2.45, 2.75) is 4.90 Å². The van der Waals surface area contributed by atoms with Crippen molar-refractivity contribution in [1.29, 1.82) is 0 Å². The van der Waals surface area contributed by atoms with Crippen LogP contribution < -0.4 is 9.04 Å². The van der Waals surface area contributed by atoms with E-state index in [1.807, 2.05) is 0 Å². The number of benzene rings is 2. The summed E-state index contributed by atoms with van der Waals surface area (Å²) in [4.78, 5) is 11.6. The quantitative estimate of drug-likeness (QED) is 0.637. The molecule has 6 nitrogen and oxygen atoms in total. The van der Waals surface area contributed by atoms with Crippen molar-refractivity contribution >= 4 is 56.5 Å². The smallest absolute Gasteiger partial charge is 0.326 e. The Bertz CT molecular complexity index is 913. The van der Waals surface area contributed by atoms with E-state index in [-0.39, 0.29) is 25.7 Å². The Morgan fingerprint density at radius 1 is 1.04 bits per heavy atom. The number of esters is 1. The summed E-state index contributed by atoms with van der Waals surface area (Å²) in [5.41, 5.74) is 0.111. The average Bonchev–Trinajstić information content (AvgIpc) is 2.58. The fourth-order valence-electron chi connectivity index (χ4n) is 2.11. The summed E-state index contributed by atoms with van der Waals surface area (Å²) in [5, 5.41) is 0.534.